The molecule has 1 atom stereocenters. The minimum atomic E-state index is -1.30. The van der Waals surface area contributed by atoms with Gasteiger partial charge in [0.2, 0.25) is 0 Å². The second-order valence-electron chi connectivity index (χ2n) is 3.38. The highest BCUT2D eigenvalue weighted by molar-refractivity contribution is 5.80. The van der Waals surface area contributed by atoms with Crippen LogP contribution in [0.3, 0.4) is 0 Å². The van der Waals surface area contributed by atoms with E-state index in [9.17, 15) is 4.79 Å². The maximum Gasteiger partial charge on any atom is 0.373 e. The summed E-state index contributed by atoms with van der Waals surface area (Å²) in [6.45, 7) is 0. The van der Waals surface area contributed by atoms with E-state index in [1.54, 1.807) is 30.5 Å². The molecule has 1 N–H and O–H groups in total. The smallest absolute Gasteiger partial charge is 0.373 e. The van der Waals surface area contributed by atoms with Crippen molar-refractivity contribution in [3.05, 3.63) is 36.5 Å². The van der Waals surface area contributed by atoms with Crippen molar-refractivity contribution in [3.8, 4) is 5.75 Å². The Morgan fingerprint density at radius 2 is 2.24 bits per heavy atom. The van der Waals surface area contributed by atoms with E-state index < -0.39 is 12.3 Å². The zero-order valence-electron chi connectivity index (χ0n) is 9.16. The molecule has 0 amide bonds. The lowest BCUT2D eigenvalue weighted by Gasteiger charge is -2.13. The second-order valence-corrected chi connectivity index (χ2v) is 3.38. The highest BCUT2D eigenvalue weighted by atomic mass is 16.7. The van der Waals surface area contributed by atoms with Gasteiger partial charge in [0.25, 0.3) is 6.29 Å². The molecule has 0 bridgehead atoms. The Bertz CT molecular complexity index is 541. The highest BCUT2D eigenvalue weighted by Crippen LogP contribution is 2.20. The molecule has 1 aromatic heterocycles. The first-order valence-corrected chi connectivity index (χ1v) is 4.98. The summed E-state index contributed by atoms with van der Waals surface area (Å²) in [7, 11) is 1.28. The van der Waals surface area contributed by atoms with Gasteiger partial charge in [-0.15, -0.1) is 0 Å². The third kappa shape index (κ3) is 2.51. The van der Waals surface area contributed by atoms with Crippen LogP contribution in [0.4, 0.5) is 0 Å². The Kier molecular flexibility index (Phi) is 3.20. The molecule has 17 heavy (non-hydrogen) atoms. The van der Waals surface area contributed by atoms with E-state index in [0.717, 1.165) is 10.9 Å². The molecule has 1 heterocycles. The van der Waals surface area contributed by atoms with Gasteiger partial charge in [-0.3, -0.25) is 4.98 Å². The number of carboxylic acids is 1. The van der Waals surface area contributed by atoms with Gasteiger partial charge in [-0.2, -0.15) is 0 Å². The van der Waals surface area contributed by atoms with E-state index in [-0.39, 0.29) is 0 Å². The van der Waals surface area contributed by atoms with Crippen molar-refractivity contribution in [1.82, 2.24) is 4.98 Å². The fraction of sp³-hybridized carbons (Fsp3) is 0.167. The first-order chi connectivity index (χ1) is 8.20. The summed E-state index contributed by atoms with van der Waals surface area (Å²) in [5.74, 6) is -0.737. The number of fused-ring (bicyclic) bond motifs is 1. The summed E-state index contributed by atoms with van der Waals surface area (Å²) in [4.78, 5) is 14.9. The molecule has 0 aliphatic heterocycles. The normalized spacial score (nSPS) is 12.3. The van der Waals surface area contributed by atoms with E-state index in [2.05, 4.69) is 4.98 Å². The maximum atomic E-state index is 10.7. The molecule has 0 aliphatic rings. The Labute approximate surface area is 97.6 Å². The molecule has 2 aromatic rings. The monoisotopic (exact) mass is 233 g/mol. The number of methoxy groups -OCH3 is 1. The number of carboxylic acid groups (broad SMARTS) is 1. The molecule has 1 unspecified atom stereocenters. The standard InChI is InChI=1S/C12H11NO4/c1-16-12(11(14)15)17-9-4-5-10-8(7-9)3-2-6-13-10/h2-7,12H,1H3,(H,14,15). The topological polar surface area (TPSA) is 68.7 Å². The predicted molar refractivity (Wildman–Crippen MR) is 60.8 cm³/mol. The van der Waals surface area contributed by atoms with Gasteiger partial charge in [0.15, 0.2) is 0 Å². The fourth-order valence-electron chi connectivity index (χ4n) is 1.45. The van der Waals surface area contributed by atoms with Crippen molar-refractivity contribution in [3.63, 3.8) is 0 Å². The van der Waals surface area contributed by atoms with Crippen molar-refractivity contribution < 1.29 is 19.4 Å². The Balaban J connectivity index is 2.27. The van der Waals surface area contributed by atoms with E-state index in [0.29, 0.717) is 5.75 Å². The van der Waals surface area contributed by atoms with Crippen LogP contribution >= 0.6 is 0 Å². The van der Waals surface area contributed by atoms with Crippen LogP contribution in [0.15, 0.2) is 36.5 Å². The van der Waals surface area contributed by atoms with Crippen LogP contribution in [0, 0.1) is 0 Å². The van der Waals surface area contributed by atoms with Gasteiger partial charge in [0.1, 0.15) is 5.75 Å². The third-order valence-corrected chi connectivity index (χ3v) is 2.23. The van der Waals surface area contributed by atoms with E-state index in [1.165, 1.54) is 7.11 Å². The lowest BCUT2D eigenvalue weighted by molar-refractivity contribution is -0.166. The van der Waals surface area contributed by atoms with Crippen LogP contribution < -0.4 is 4.74 Å². The molecule has 88 valence electrons. The summed E-state index contributed by atoms with van der Waals surface area (Å²) in [5, 5.41) is 9.67. The number of hydrogen-bond donors (Lipinski definition) is 1. The van der Waals surface area contributed by atoms with Crippen molar-refractivity contribution >= 4 is 16.9 Å². The Hall–Kier alpha value is -2.14. The minimum Gasteiger partial charge on any atom is -0.477 e. The van der Waals surface area contributed by atoms with Gasteiger partial charge in [0.05, 0.1) is 5.52 Å². The number of benzene rings is 1. The summed E-state index contributed by atoms with van der Waals surface area (Å²) in [5.41, 5.74) is 0.823. The average molecular weight is 233 g/mol. The van der Waals surface area contributed by atoms with Crippen LogP contribution in [-0.4, -0.2) is 29.5 Å². The summed E-state index contributed by atoms with van der Waals surface area (Å²) in [6.07, 6.45) is 0.391. The number of rotatable bonds is 4. The quantitative estimate of drug-likeness (QED) is 0.813. The third-order valence-electron chi connectivity index (χ3n) is 2.23. The lowest BCUT2D eigenvalue weighted by Crippen LogP contribution is -2.28. The molecule has 0 saturated carbocycles. The summed E-state index contributed by atoms with van der Waals surface area (Å²) in [6, 6.07) is 8.82. The van der Waals surface area contributed by atoms with E-state index >= 15 is 0 Å². The van der Waals surface area contributed by atoms with Crippen LogP contribution in [0.25, 0.3) is 10.9 Å². The first kappa shape index (κ1) is 11.3. The molecule has 0 spiro atoms. The molecule has 5 nitrogen and oxygen atoms in total. The Morgan fingerprint density at radius 3 is 2.94 bits per heavy atom. The van der Waals surface area contributed by atoms with E-state index in [4.69, 9.17) is 14.6 Å². The molecule has 5 heteroatoms. The SMILES string of the molecule is COC(Oc1ccc2ncccc2c1)C(=O)O. The van der Waals surface area contributed by atoms with Crippen molar-refractivity contribution in [1.29, 1.82) is 0 Å². The van der Waals surface area contributed by atoms with Gasteiger partial charge in [-0.1, -0.05) is 6.07 Å². The molecule has 0 fully saturated rings. The highest BCUT2D eigenvalue weighted by Gasteiger charge is 2.18. The van der Waals surface area contributed by atoms with Gasteiger partial charge in [0, 0.05) is 18.7 Å². The molecule has 2 rings (SSSR count). The number of nitrogens with zero attached hydrogens (tertiary/aromatic N) is 1. The van der Waals surface area contributed by atoms with Crippen molar-refractivity contribution in [2.45, 2.75) is 6.29 Å². The van der Waals surface area contributed by atoms with Crippen LogP contribution in [-0.2, 0) is 9.53 Å². The molecule has 0 radical (unpaired) electrons. The van der Waals surface area contributed by atoms with Gasteiger partial charge in [-0.05, 0) is 24.3 Å². The van der Waals surface area contributed by atoms with Gasteiger partial charge >= 0.3 is 5.97 Å². The molecule has 1 aromatic carbocycles. The van der Waals surface area contributed by atoms with Gasteiger partial charge in [-0.25, -0.2) is 4.79 Å². The van der Waals surface area contributed by atoms with Gasteiger partial charge < -0.3 is 14.6 Å². The largest absolute Gasteiger partial charge is 0.477 e. The fourth-order valence-corrected chi connectivity index (χ4v) is 1.45. The average Bonchev–Trinajstić information content (AvgIpc) is 2.35. The number of hydrogen-bond acceptors (Lipinski definition) is 4. The summed E-state index contributed by atoms with van der Waals surface area (Å²) >= 11 is 0. The molecular weight excluding hydrogens is 222 g/mol. The van der Waals surface area contributed by atoms with Crippen molar-refractivity contribution in [2.75, 3.05) is 7.11 Å². The lowest BCUT2D eigenvalue weighted by atomic mass is 10.2. The zero-order chi connectivity index (χ0) is 12.3. The number of carbonyl (C=O) groups is 1. The first-order valence-electron chi connectivity index (χ1n) is 4.98. The van der Waals surface area contributed by atoms with Crippen LogP contribution in [0.2, 0.25) is 0 Å². The number of pyridine rings is 1. The minimum absolute atomic E-state index is 0.430. The number of aliphatic carboxylic acids is 1. The zero-order valence-corrected chi connectivity index (χ0v) is 9.16. The second kappa shape index (κ2) is 4.80. The number of ether oxygens (including phenoxy) is 2. The maximum absolute atomic E-state index is 10.7. The molecule has 0 saturated heterocycles. The number of aromatic nitrogens is 1. The predicted octanol–water partition coefficient (Wildman–Crippen LogP) is 1.67. The molecule has 0 aliphatic carbocycles. The Morgan fingerprint density at radius 1 is 1.41 bits per heavy atom. The summed E-state index contributed by atoms with van der Waals surface area (Å²) < 4.78 is 9.87. The van der Waals surface area contributed by atoms with Crippen molar-refractivity contribution in [2.24, 2.45) is 0 Å². The van der Waals surface area contributed by atoms with Crippen LogP contribution in [0.5, 0.6) is 5.75 Å². The molecular formula is C12H11NO4. The van der Waals surface area contributed by atoms with E-state index in [1.807, 2.05) is 6.07 Å². The van der Waals surface area contributed by atoms with Crippen LogP contribution in [0.1, 0.15) is 0 Å².